The summed E-state index contributed by atoms with van der Waals surface area (Å²) in [6.07, 6.45) is 4.94. The minimum Gasteiger partial charge on any atom is -0.411 e. The molecule has 0 spiro atoms. The van der Waals surface area contributed by atoms with Crippen LogP contribution >= 0.6 is 0 Å². The van der Waals surface area contributed by atoms with Crippen LogP contribution in [-0.4, -0.2) is 16.4 Å². The van der Waals surface area contributed by atoms with Gasteiger partial charge in [0, 0.05) is 18.0 Å². The Bertz CT molecular complexity index is 466. The Hall–Kier alpha value is -2.16. The van der Waals surface area contributed by atoms with Crippen molar-refractivity contribution in [2.45, 2.75) is 0 Å². The van der Waals surface area contributed by atoms with E-state index in [1.165, 1.54) is 6.21 Å². The van der Waals surface area contributed by atoms with E-state index in [0.29, 0.717) is 0 Å². The van der Waals surface area contributed by atoms with Crippen LogP contribution in [0.1, 0.15) is 5.56 Å². The number of benzene rings is 1. The van der Waals surface area contributed by atoms with Gasteiger partial charge in [-0.1, -0.05) is 29.4 Å². The molecular formula is C12H10N2O. The Morgan fingerprint density at radius 3 is 2.73 bits per heavy atom. The Kier molecular flexibility index (Phi) is 2.74. The van der Waals surface area contributed by atoms with E-state index in [9.17, 15) is 0 Å². The molecule has 74 valence electrons. The number of rotatable bonds is 2. The molecule has 0 amide bonds. The summed E-state index contributed by atoms with van der Waals surface area (Å²) in [6.45, 7) is 0. The molecule has 2 rings (SSSR count). The molecule has 0 saturated carbocycles. The summed E-state index contributed by atoms with van der Waals surface area (Å²) in [5.41, 5.74) is 2.96. The van der Waals surface area contributed by atoms with Crippen LogP contribution < -0.4 is 0 Å². The Morgan fingerprint density at radius 2 is 2.00 bits per heavy atom. The van der Waals surface area contributed by atoms with Gasteiger partial charge in [-0.25, -0.2) is 0 Å². The van der Waals surface area contributed by atoms with E-state index in [-0.39, 0.29) is 0 Å². The fraction of sp³-hybridized carbons (Fsp3) is 0. The normalized spacial score (nSPS) is 10.7. The van der Waals surface area contributed by atoms with Crippen molar-refractivity contribution in [2.24, 2.45) is 5.16 Å². The van der Waals surface area contributed by atoms with Crippen molar-refractivity contribution < 1.29 is 5.21 Å². The van der Waals surface area contributed by atoms with E-state index in [2.05, 4.69) is 10.1 Å². The van der Waals surface area contributed by atoms with Crippen molar-refractivity contribution in [2.75, 3.05) is 0 Å². The maximum absolute atomic E-state index is 8.44. The molecule has 1 N–H and O–H groups in total. The van der Waals surface area contributed by atoms with E-state index in [0.717, 1.165) is 16.7 Å². The summed E-state index contributed by atoms with van der Waals surface area (Å²) in [7, 11) is 0. The van der Waals surface area contributed by atoms with Crippen molar-refractivity contribution in [3.63, 3.8) is 0 Å². The first kappa shape index (κ1) is 9.40. The number of aromatic nitrogens is 1. The molecule has 3 nitrogen and oxygen atoms in total. The molecule has 0 fully saturated rings. The van der Waals surface area contributed by atoms with Gasteiger partial charge in [0.2, 0.25) is 0 Å². The van der Waals surface area contributed by atoms with Gasteiger partial charge in [-0.2, -0.15) is 0 Å². The Labute approximate surface area is 87.7 Å². The fourth-order valence-electron chi connectivity index (χ4n) is 1.40. The summed E-state index contributed by atoms with van der Waals surface area (Å²) < 4.78 is 0. The molecule has 3 heteroatoms. The predicted molar refractivity (Wildman–Crippen MR) is 59.1 cm³/mol. The van der Waals surface area contributed by atoms with E-state index in [1.807, 2.05) is 36.4 Å². The van der Waals surface area contributed by atoms with Crippen LogP contribution in [0, 0.1) is 0 Å². The fourth-order valence-corrected chi connectivity index (χ4v) is 1.40. The second-order valence-corrected chi connectivity index (χ2v) is 3.11. The van der Waals surface area contributed by atoms with Crippen LogP contribution in [0.3, 0.4) is 0 Å². The first-order valence-corrected chi connectivity index (χ1v) is 4.58. The van der Waals surface area contributed by atoms with Gasteiger partial charge in [0.25, 0.3) is 0 Å². The first-order chi connectivity index (χ1) is 7.40. The molecule has 1 aromatic heterocycles. The lowest BCUT2D eigenvalue weighted by Gasteiger charge is -2.01. The highest BCUT2D eigenvalue weighted by atomic mass is 16.4. The van der Waals surface area contributed by atoms with Gasteiger partial charge in [0.15, 0.2) is 0 Å². The SMILES string of the molecule is ON=Cc1cccc(-c2cccnc2)c1. The average molecular weight is 198 g/mol. The van der Waals surface area contributed by atoms with Crippen molar-refractivity contribution in [3.05, 3.63) is 54.4 Å². The highest BCUT2D eigenvalue weighted by Crippen LogP contribution is 2.18. The third-order valence-electron chi connectivity index (χ3n) is 2.09. The minimum atomic E-state index is 0.860. The minimum absolute atomic E-state index is 0.860. The van der Waals surface area contributed by atoms with E-state index in [4.69, 9.17) is 5.21 Å². The van der Waals surface area contributed by atoms with Gasteiger partial charge in [-0.15, -0.1) is 0 Å². The molecule has 0 bridgehead atoms. The Balaban J connectivity index is 2.41. The lowest BCUT2D eigenvalue weighted by atomic mass is 10.1. The van der Waals surface area contributed by atoms with Gasteiger partial charge in [0.1, 0.15) is 0 Å². The summed E-state index contributed by atoms with van der Waals surface area (Å²) in [4.78, 5) is 4.05. The van der Waals surface area contributed by atoms with Crippen LogP contribution in [0.5, 0.6) is 0 Å². The molecule has 1 heterocycles. The summed E-state index contributed by atoms with van der Waals surface area (Å²) in [5, 5.41) is 11.4. The maximum atomic E-state index is 8.44. The molecule has 0 saturated heterocycles. The number of hydrogen-bond donors (Lipinski definition) is 1. The lowest BCUT2D eigenvalue weighted by molar-refractivity contribution is 0.322. The van der Waals surface area contributed by atoms with Gasteiger partial charge < -0.3 is 5.21 Å². The van der Waals surface area contributed by atoms with Crippen LogP contribution in [-0.2, 0) is 0 Å². The highest BCUT2D eigenvalue weighted by molar-refractivity contribution is 5.81. The quantitative estimate of drug-likeness (QED) is 0.458. The van der Waals surface area contributed by atoms with E-state index < -0.39 is 0 Å². The summed E-state index contributed by atoms with van der Waals surface area (Å²) in [6, 6.07) is 11.6. The molecule has 0 unspecified atom stereocenters. The maximum Gasteiger partial charge on any atom is 0.0734 e. The van der Waals surface area contributed by atoms with Gasteiger partial charge in [-0.05, 0) is 23.3 Å². The number of hydrogen-bond acceptors (Lipinski definition) is 3. The molecule has 1 aromatic carbocycles. The number of oxime groups is 1. The van der Waals surface area contributed by atoms with Crippen molar-refractivity contribution in [1.82, 2.24) is 4.98 Å². The molecule has 2 aromatic rings. The van der Waals surface area contributed by atoms with Crippen LogP contribution in [0.4, 0.5) is 0 Å². The molecule has 0 aliphatic heterocycles. The second kappa shape index (κ2) is 4.37. The average Bonchev–Trinajstić information content (AvgIpc) is 2.31. The molecule has 15 heavy (non-hydrogen) atoms. The largest absolute Gasteiger partial charge is 0.411 e. The molecular weight excluding hydrogens is 188 g/mol. The molecule has 0 radical (unpaired) electrons. The van der Waals surface area contributed by atoms with E-state index >= 15 is 0 Å². The van der Waals surface area contributed by atoms with Crippen molar-refractivity contribution >= 4 is 6.21 Å². The van der Waals surface area contributed by atoms with Crippen molar-refractivity contribution in [1.29, 1.82) is 0 Å². The van der Waals surface area contributed by atoms with Crippen LogP contribution in [0.15, 0.2) is 53.9 Å². The van der Waals surface area contributed by atoms with Crippen LogP contribution in [0.25, 0.3) is 11.1 Å². The monoisotopic (exact) mass is 198 g/mol. The van der Waals surface area contributed by atoms with Crippen molar-refractivity contribution in [3.8, 4) is 11.1 Å². The zero-order valence-electron chi connectivity index (χ0n) is 8.04. The molecule has 0 aliphatic carbocycles. The molecule has 0 aliphatic rings. The zero-order valence-corrected chi connectivity index (χ0v) is 8.04. The summed E-state index contributed by atoms with van der Waals surface area (Å²) >= 11 is 0. The Morgan fingerprint density at radius 1 is 1.13 bits per heavy atom. The lowest BCUT2D eigenvalue weighted by Crippen LogP contribution is -1.83. The summed E-state index contributed by atoms with van der Waals surface area (Å²) in [5.74, 6) is 0. The third kappa shape index (κ3) is 2.20. The zero-order chi connectivity index (χ0) is 10.5. The first-order valence-electron chi connectivity index (χ1n) is 4.58. The van der Waals surface area contributed by atoms with Gasteiger partial charge >= 0.3 is 0 Å². The molecule has 0 atom stereocenters. The second-order valence-electron chi connectivity index (χ2n) is 3.11. The number of pyridine rings is 1. The third-order valence-corrected chi connectivity index (χ3v) is 2.09. The topological polar surface area (TPSA) is 45.5 Å². The smallest absolute Gasteiger partial charge is 0.0734 e. The van der Waals surface area contributed by atoms with Crippen LogP contribution in [0.2, 0.25) is 0 Å². The van der Waals surface area contributed by atoms with Gasteiger partial charge in [-0.3, -0.25) is 4.98 Å². The number of nitrogens with zero attached hydrogens (tertiary/aromatic N) is 2. The standard InChI is InChI=1S/C12H10N2O/c15-14-8-10-3-1-4-11(7-10)12-5-2-6-13-9-12/h1-9,15H. The van der Waals surface area contributed by atoms with Gasteiger partial charge in [0.05, 0.1) is 6.21 Å². The predicted octanol–water partition coefficient (Wildman–Crippen LogP) is 2.56. The highest BCUT2D eigenvalue weighted by Gasteiger charge is 1.97. The van der Waals surface area contributed by atoms with E-state index in [1.54, 1.807) is 12.4 Å².